The third-order valence-electron chi connectivity index (χ3n) is 2.75. The molecule has 4 nitrogen and oxygen atoms in total. The van der Waals surface area contributed by atoms with E-state index < -0.39 is 0 Å². The molecular formula is C12H24N4. The zero-order chi connectivity index (χ0) is 12.0. The quantitative estimate of drug-likeness (QED) is 0.761. The standard InChI is InChI=1S/C12H24N4/c1-4-5-12(13)6-7-15(2)9-11-8-14-16(3)10-11/h8,10,12H,4-7,9,13H2,1-3H3. The van der Waals surface area contributed by atoms with E-state index in [-0.39, 0.29) is 0 Å². The van der Waals surface area contributed by atoms with Crippen molar-refractivity contribution < 1.29 is 0 Å². The molecule has 1 aromatic heterocycles. The van der Waals surface area contributed by atoms with Crippen molar-refractivity contribution in [3.63, 3.8) is 0 Å². The molecule has 4 heteroatoms. The van der Waals surface area contributed by atoms with E-state index in [2.05, 4.69) is 30.2 Å². The second kappa shape index (κ2) is 6.66. The lowest BCUT2D eigenvalue weighted by molar-refractivity contribution is 0.307. The number of aromatic nitrogens is 2. The molecule has 0 fully saturated rings. The molecule has 0 amide bonds. The largest absolute Gasteiger partial charge is 0.328 e. The number of rotatable bonds is 7. The summed E-state index contributed by atoms with van der Waals surface area (Å²) in [4.78, 5) is 2.30. The molecule has 16 heavy (non-hydrogen) atoms. The number of nitrogens with zero attached hydrogens (tertiary/aromatic N) is 3. The van der Waals surface area contributed by atoms with Crippen LogP contribution in [-0.2, 0) is 13.6 Å². The highest BCUT2D eigenvalue weighted by molar-refractivity contribution is 5.02. The predicted octanol–water partition coefficient (Wildman–Crippen LogP) is 1.37. The molecule has 0 aliphatic rings. The summed E-state index contributed by atoms with van der Waals surface area (Å²) in [5.74, 6) is 0. The van der Waals surface area contributed by atoms with Crippen LogP contribution in [-0.4, -0.2) is 34.3 Å². The summed E-state index contributed by atoms with van der Waals surface area (Å²) in [6, 6.07) is 0.348. The van der Waals surface area contributed by atoms with Crippen molar-refractivity contribution in [2.75, 3.05) is 13.6 Å². The molecule has 1 unspecified atom stereocenters. The van der Waals surface area contributed by atoms with Crippen LogP contribution in [0, 0.1) is 0 Å². The Hall–Kier alpha value is -0.870. The number of hydrogen-bond acceptors (Lipinski definition) is 3. The van der Waals surface area contributed by atoms with Crippen molar-refractivity contribution in [1.29, 1.82) is 0 Å². The van der Waals surface area contributed by atoms with Crippen molar-refractivity contribution in [3.05, 3.63) is 18.0 Å². The first-order valence-electron chi connectivity index (χ1n) is 6.03. The van der Waals surface area contributed by atoms with E-state index in [1.807, 2.05) is 17.9 Å². The Morgan fingerprint density at radius 2 is 2.25 bits per heavy atom. The first kappa shape index (κ1) is 13.2. The predicted molar refractivity (Wildman–Crippen MR) is 67.0 cm³/mol. The molecule has 0 aromatic carbocycles. The third kappa shape index (κ3) is 4.77. The first-order valence-corrected chi connectivity index (χ1v) is 6.03. The van der Waals surface area contributed by atoms with E-state index in [0.717, 1.165) is 25.9 Å². The van der Waals surface area contributed by atoms with Gasteiger partial charge in [-0.3, -0.25) is 4.68 Å². The van der Waals surface area contributed by atoms with Gasteiger partial charge < -0.3 is 10.6 Å². The van der Waals surface area contributed by atoms with Gasteiger partial charge in [-0.15, -0.1) is 0 Å². The van der Waals surface area contributed by atoms with Crippen LogP contribution in [0.4, 0.5) is 0 Å². The van der Waals surface area contributed by atoms with Gasteiger partial charge in [-0.25, -0.2) is 0 Å². The smallest absolute Gasteiger partial charge is 0.0534 e. The second-order valence-electron chi connectivity index (χ2n) is 4.60. The second-order valence-corrected chi connectivity index (χ2v) is 4.60. The lowest BCUT2D eigenvalue weighted by Gasteiger charge is -2.18. The number of aryl methyl sites for hydroxylation is 1. The molecule has 0 saturated carbocycles. The van der Waals surface area contributed by atoms with E-state index >= 15 is 0 Å². The zero-order valence-corrected chi connectivity index (χ0v) is 10.7. The summed E-state index contributed by atoms with van der Waals surface area (Å²) in [5.41, 5.74) is 7.25. The van der Waals surface area contributed by atoms with Crippen LogP contribution >= 0.6 is 0 Å². The van der Waals surface area contributed by atoms with Crippen molar-refractivity contribution in [2.45, 2.75) is 38.8 Å². The minimum Gasteiger partial charge on any atom is -0.328 e. The summed E-state index contributed by atoms with van der Waals surface area (Å²) < 4.78 is 1.84. The Balaban J connectivity index is 2.23. The molecule has 0 saturated heterocycles. The minimum absolute atomic E-state index is 0.348. The van der Waals surface area contributed by atoms with Gasteiger partial charge in [-0.1, -0.05) is 13.3 Å². The number of hydrogen-bond donors (Lipinski definition) is 1. The van der Waals surface area contributed by atoms with Crippen LogP contribution in [0.3, 0.4) is 0 Å². The molecule has 1 heterocycles. The lowest BCUT2D eigenvalue weighted by atomic mass is 10.1. The van der Waals surface area contributed by atoms with Crippen molar-refractivity contribution in [2.24, 2.45) is 12.8 Å². The van der Waals surface area contributed by atoms with Gasteiger partial charge in [0.05, 0.1) is 6.20 Å². The van der Waals surface area contributed by atoms with Crippen molar-refractivity contribution >= 4 is 0 Å². The van der Waals surface area contributed by atoms with Gasteiger partial charge in [0, 0.05) is 31.4 Å². The maximum Gasteiger partial charge on any atom is 0.0534 e. The lowest BCUT2D eigenvalue weighted by Crippen LogP contribution is -2.27. The highest BCUT2D eigenvalue weighted by Gasteiger charge is 2.05. The van der Waals surface area contributed by atoms with Crippen LogP contribution in [0.5, 0.6) is 0 Å². The molecule has 0 spiro atoms. The van der Waals surface area contributed by atoms with Gasteiger partial charge in [-0.2, -0.15) is 5.10 Å². The SMILES string of the molecule is CCCC(N)CCN(C)Cc1cnn(C)c1. The van der Waals surface area contributed by atoms with E-state index in [0.29, 0.717) is 6.04 Å². The van der Waals surface area contributed by atoms with Gasteiger partial charge in [0.15, 0.2) is 0 Å². The Bertz CT molecular complexity index is 295. The minimum atomic E-state index is 0.348. The normalized spacial score (nSPS) is 13.3. The molecule has 1 rings (SSSR count). The Morgan fingerprint density at radius 3 is 2.81 bits per heavy atom. The fraction of sp³-hybridized carbons (Fsp3) is 0.750. The monoisotopic (exact) mass is 224 g/mol. The van der Waals surface area contributed by atoms with Gasteiger partial charge in [0.2, 0.25) is 0 Å². The third-order valence-corrected chi connectivity index (χ3v) is 2.75. The summed E-state index contributed by atoms with van der Waals surface area (Å²) in [6.45, 7) is 4.18. The molecular weight excluding hydrogens is 200 g/mol. The fourth-order valence-electron chi connectivity index (χ4n) is 1.85. The van der Waals surface area contributed by atoms with Crippen LogP contribution in [0.15, 0.2) is 12.4 Å². The summed E-state index contributed by atoms with van der Waals surface area (Å²) in [6.07, 6.45) is 7.35. The van der Waals surface area contributed by atoms with Gasteiger partial charge >= 0.3 is 0 Å². The van der Waals surface area contributed by atoms with Crippen LogP contribution in [0.25, 0.3) is 0 Å². The number of nitrogens with two attached hydrogens (primary N) is 1. The average molecular weight is 224 g/mol. The van der Waals surface area contributed by atoms with E-state index in [4.69, 9.17) is 5.73 Å². The maximum absolute atomic E-state index is 5.99. The van der Waals surface area contributed by atoms with Gasteiger partial charge in [-0.05, 0) is 26.4 Å². The zero-order valence-electron chi connectivity index (χ0n) is 10.7. The molecule has 92 valence electrons. The van der Waals surface area contributed by atoms with E-state index in [1.165, 1.54) is 12.0 Å². The Morgan fingerprint density at radius 1 is 1.50 bits per heavy atom. The molecule has 0 aliphatic heterocycles. The van der Waals surface area contributed by atoms with Crippen molar-refractivity contribution in [3.8, 4) is 0 Å². The summed E-state index contributed by atoms with van der Waals surface area (Å²) >= 11 is 0. The highest BCUT2D eigenvalue weighted by Crippen LogP contribution is 2.04. The van der Waals surface area contributed by atoms with Gasteiger partial charge in [0.25, 0.3) is 0 Å². The van der Waals surface area contributed by atoms with Crippen molar-refractivity contribution in [1.82, 2.24) is 14.7 Å². The Kier molecular flexibility index (Phi) is 5.49. The molecule has 2 N–H and O–H groups in total. The molecule has 0 aliphatic carbocycles. The first-order chi connectivity index (χ1) is 7.61. The van der Waals surface area contributed by atoms with Crippen LogP contribution in [0.2, 0.25) is 0 Å². The van der Waals surface area contributed by atoms with E-state index in [1.54, 1.807) is 0 Å². The van der Waals surface area contributed by atoms with E-state index in [9.17, 15) is 0 Å². The molecule has 0 radical (unpaired) electrons. The van der Waals surface area contributed by atoms with Gasteiger partial charge in [0.1, 0.15) is 0 Å². The average Bonchev–Trinajstić information content (AvgIpc) is 2.61. The topological polar surface area (TPSA) is 47.1 Å². The maximum atomic E-state index is 5.99. The summed E-state index contributed by atoms with van der Waals surface area (Å²) in [5, 5.41) is 4.16. The van der Waals surface area contributed by atoms with Crippen LogP contribution in [0.1, 0.15) is 31.7 Å². The molecule has 1 aromatic rings. The molecule has 1 atom stereocenters. The molecule has 0 bridgehead atoms. The Labute approximate surface area is 98.4 Å². The fourth-order valence-corrected chi connectivity index (χ4v) is 1.85. The summed E-state index contributed by atoms with van der Waals surface area (Å²) in [7, 11) is 4.08. The highest BCUT2D eigenvalue weighted by atomic mass is 15.2. The van der Waals surface area contributed by atoms with Crippen LogP contribution < -0.4 is 5.73 Å².